The van der Waals surface area contributed by atoms with Crippen LogP contribution in [-0.4, -0.2) is 20.8 Å². The lowest BCUT2D eigenvalue weighted by Gasteiger charge is -2.19. The van der Waals surface area contributed by atoms with Crippen molar-refractivity contribution in [2.75, 3.05) is 36.4 Å². The number of hydrogen-bond acceptors (Lipinski definition) is 4. The standard InChI is InChI=1S/C17H18F3N3O/c1-23-10-22-14-7-8-15(24-2)13(16(14)23)9-21-12-5-3-11(4-6-12)17(18,19)20/h3-8,21-22H,9-10H2,1-2H3. The molecule has 1 aliphatic rings. The number of ether oxygens (including phenoxy) is 1. The second kappa shape index (κ2) is 6.14. The molecule has 2 aromatic rings. The third-order valence-electron chi connectivity index (χ3n) is 4.03. The molecule has 0 unspecified atom stereocenters. The molecule has 2 N–H and O–H groups in total. The van der Waals surface area contributed by atoms with E-state index in [0.29, 0.717) is 18.9 Å². The van der Waals surface area contributed by atoms with E-state index < -0.39 is 11.7 Å². The maximum atomic E-state index is 12.6. The lowest BCUT2D eigenvalue weighted by molar-refractivity contribution is -0.137. The zero-order valence-electron chi connectivity index (χ0n) is 13.4. The minimum atomic E-state index is -4.32. The molecule has 1 aliphatic heterocycles. The van der Waals surface area contributed by atoms with E-state index in [4.69, 9.17) is 4.74 Å². The fourth-order valence-electron chi connectivity index (χ4n) is 2.81. The molecule has 24 heavy (non-hydrogen) atoms. The van der Waals surface area contributed by atoms with Gasteiger partial charge in [-0.1, -0.05) is 0 Å². The number of rotatable bonds is 4. The van der Waals surface area contributed by atoms with Gasteiger partial charge in [-0.15, -0.1) is 0 Å². The number of benzene rings is 2. The van der Waals surface area contributed by atoms with E-state index in [1.165, 1.54) is 12.1 Å². The zero-order chi connectivity index (χ0) is 17.3. The molecule has 7 heteroatoms. The largest absolute Gasteiger partial charge is 0.496 e. The van der Waals surface area contributed by atoms with Crippen LogP contribution in [0.3, 0.4) is 0 Å². The van der Waals surface area contributed by atoms with Crippen molar-refractivity contribution in [2.24, 2.45) is 0 Å². The average Bonchev–Trinajstić information content (AvgIpc) is 2.93. The van der Waals surface area contributed by atoms with Gasteiger partial charge in [0.05, 0.1) is 30.7 Å². The predicted octanol–water partition coefficient (Wildman–Crippen LogP) is 4.15. The Labute approximate surface area is 138 Å². The van der Waals surface area contributed by atoms with Crippen molar-refractivity contribution in [3.63, 3.8) is 0 Å². The molecule has 4 nitrogen and oxygen atoms in total. The number of hydrogen-bond donors (Lipinski definition) is 2. The average molecular weight is 337 g/mol. The highest BCUT2D eigenvalue weighted by Crippen LogP contribution is 2.39. The van der Waals surface area contributed by atoms with E-state index in [0.717, 1.165) is 34.8 Å². The Balaban J connectivity index is 1.81. The molecule has 0 radical (unpaired) electrons. The number of fused-ring (bicyclic) bond motifs is 1. The van der Waals surface area contributed by atoms with Gasteiger partial charge in [-0.3, -0.25) is 0 Å². The minimum absolute atomic E-state index is 0.448. The first-order valence-electron chi connectivity index (χ1n) is 7.46. The molecule has 128 valence electrons. The molecule has 1 heterocycles. The van der Waals surface area contributed by atoms with Crippen LogP contribution in [0.15, 0.2) is 36.4 Å². The van der Waals surface area contributed by atoms with Gasteiger partial charge in [0.1, 0.15) is 5.75 Å². The van der Waals surface area contributed by atoms with Gasteiger partial charge in [-0.2, -0.15) is 13.2 Å². The molecule has 0 bridgehead atoms. The van der Waals surface area contributed by atoms with Gasteiger partial charge in [0, 0.05) is 24.8 Å². The second-order valence-electron chi connectivity index (χ2n) is 5.60. The quantitative estimate of drug-likeness (QED) is 0.879. The van der Waals surface area contributed by atoms with Gasteiger partial charge < -0.3 is 20.3 Å². The molecule has 0 amide bonds. The van der Waals surface area contributed by atoms with Gasteiger partial charge in [0.25, 0.3) is 0 Å². The van der Waals surface area contributed by atoms with Crippen molar-refractivity contribution in [3.8, 4) is 5.75 Å². The molecular weight excluding hydrogens is 319 g/mol. The summed E-state index contributed by atoms with van der Waals surface area (Å²) in [6.45, 7) is 1.15. The number of anilines is 3. The minimum Gasteiger partial charge on any atom is -0.496 e. The van der Waals surface area contributed by atoms with E-state index >= 15 is 0 Å². The Morgan fingerprint density at radius 3 is 2.50 bits per heavy atom. The zero-order valence-corrected chi connectivity index (χ0v) is 13.4. The lowest BCUT2D eigenvalue weighted by Crippen LogP contribution is -2.18. The Bertz CT molecular complexity index is 729. The van der Waals surface area contributed by atoms with Crippen molar-refractivity contribution >= 4 is 17.1 Å². The number of methoxy groups -OCH3 is 1. The summed E-state index contributed by atoms with van der Waals surface area (Å²) in [7, 11) is 3.58. The fraction of sp³-hybridized carbons (Fsp3) is 0.294. The monoisotopic (exact) mass is 337 g/mol. The van der Waals surface area contributed by atoms with Crippen molar-refractivity contribution in [3.05, 3.63) is 47.5 Å². The van der Waals surface area contributed by atoms with E-state index in [-0.39, 0.29) is 0 Å². The Hall–Kier alpha value is -2.57. The first kappa shape index (κ1) is 16.3. The first-order valence-corrected chi connectivity index (χ1v) is 7.46. The topological polar surface area (TPSA) is 36.5 Å². The molecule has 0 spiro atoms. The van der Waals surface area contributed by atoms with Crippen molar-refractivity contribution < 1.29 is 17.9 Å². The van der Waals surface area contributed by atoms with Gasteiger partial charge in [-0.05, 0) is 36.4 Å². The van der Waals surface area contributed by atoms with Crippen LogP contribution in [0.1, 0.15) is 11.1 Å². The number of halogens is 3. The van der Waals surface area contributed by atoms with E-state index in [2.05, 4.69) is 15.5 Å². The second-order valence-corrected chi connectivity index (χ2v) is 5.60. The summed E-state index contributed by atoms with van der Waals surface area (Å²) in [6.07, 6.45) is -4.32. The van der Waals surface area contributed by atoms with E-state index in [1.807, 2.05) is 19.2 Å². The van der Waals surface area contributed by atoms with Crippen LogP contribution < -0.4 is 20.3 Å². The van der Waals surface area contributed by atoms with Gasteiger partial charge in [0.15, 0.2) is 0 Å². The lowest BCUT2D eigenvalue weighted by atomic mass is 10.1. The van der Waals surface area contributed by atoms with E-state index in [1.54, 1.807) is 7.11 Å². The summed E-state index contributed by atoms with van der Waals surface area (Å²) in [5.41, 5.74) is 2.98. The van der Waals surface area contributed by atoms with Crippen LogP contribution >= 0.6 is 0 Å². The summed E-state index contributed by atoms with van der Waals surface area (Å²) in [4.78, 5) is 2.07. The van der Waals surface area contributed by atoms with Crippen molar-refractivity contribution in [2.45, 2.75) is 12.7 Å². The maximum Gasteiger partial charge on any atom is 0.416 e. The summed E-state index contributed by atoms with van der Waals surface area (Å²) in [5.74, 6) is 0.740. The van der Waals surface area contributed by atoms with Crippen LogP contribution in [0.5, 0.6) is 5.75 Å². The Morgan fingerprint density at radius 1 is 1.17 bits per heavy atom. The van der Waals surface area contributed by atoms with E-state index in [9.17, 15) is 13.2 Å². The highest BCUT2D eigenvalue weighted by Gasteiger charge is 2.30. The van der Waals surface area contributed by atoms with Crippen LogP contribution in [0.25, 0.3) is 0 Å². The molecule has 3 rings (SSSR count). The summed E-state index contributed by atoms with van der Waals surface area (Å²) >= 11 is 0. The SMILES string of the molecule is COc1ccc2c(c1CNc1ccc(C(F)(F)F)cc1)N(C)CN2. The first-order chi connectivity index (χ1) is 11.4. The van der Waals surface area contributed by atoms with Crippen LogP contribution in [0.4, 0.5) is 30.2 Å². The predicted molar refractivity (Wildman–Crippen MR) is 88.7 cm³/mol. The molecule has 0 fully saturated rings. The van der Waals surface area contributed by atoms with Crippen LogP contribution in [0, 0.1) is 0 Å². The molecule has 0 saturated carbocycles. The van der Waals surface area contributed by atoms with Crippen molar-refractivity contribution in [1.29, 1.82) is 0 Å². The molecule has 0 aromatic heterocycles. The molecule has 0 atom stereocenters. The van der Waals surface area contributed by atoms with Gasteiger partial charge in [-0.25, -0.2) is 0 Å². The third kappa shape index (κ3) is 3.06. The fourth-order valence-corrected chi connectivity index (χ4v) is 2.81. The normalized spacial score (nSPS) is 13.5. The summed E-state index contributed by atoms with van der Waals surface area (Å²) in [5, 5.41) is 6.44. The number of nitrogens with one attached hydrogen (secondary N) is 2. The maximum absolute atomic E-state index is 12.6. The van der Waals surface area contributed by atoms with Gasteiger partial charge in [0.2, 0.25) is 0 Å². The molecule has 2 aromatic carbocycles. The van der Waals surface area contributed by atoms with Crippen LogP contribution in [0.2, 0.25) is 0 Å². The third-order valence-corrected chi connectivity index (χ3v) is 4.03. The van der Waals surface area contributed by atoms with Gasteiger partial charge >= 0.3 is 6.18 Å². The highest BCUT2D eigenvalue weighted by molar-refractivity contribution is 5.80. The van der Waals surface area contributed by atoms with Crippen LogP contribution in [-0.2, 0) is 12.7 Å². The molecular formula is C17H18F3N3O. The van der Waals surface area contributed by atoms with Crippen molar-refractivity contribution in [1.82, 2.24) is 0 Å². The summed E-state index contributed by atoms with van der Waals surface area (Å²) in [6, 6.07) is 8.85. The highest BCUT2D eigenvalue weighted by atomic mass is 19.4. The Morgan fingerprint density at radius 2 is 1.88 bits per heavy atom. The number of nitrogens with zero attached hydrogens (tertiary/aromatic N) is 1. The molecule has 0 saturated heterocycles. The molecule has 0 aliphatic carbocycles. The smallest absolute Gasteiger partial charge is 0.416 e. The number of alkyl halides is 3. The summed E-state index contributed by atoms with van der Waals surface area (Å²) < 4.78 is 43.3. The Kier molecular flexibility index (Phi) is 4.17.